The molecule has 3 N–H and O–H groups in total. The van der Waals surface area contributed by atoms with Gasteiger partial charge in [-0.2, -0.15) is 0 Å². The number of hydrazine groups is 1. The molecule has 0 radical (unpaired) electrons. The highest BCUT2D eigenvalue weighted by atomic mass is 35.5. The molecule has 0 amide bonds. The Balaban J connectivity index is 2.91. The number of nitrogens with one attached hydrogen (secondary N) is 1. The van der Waals surface area contributed by atoms with Gasteiger partial charge in [0.05, 0.1) is 0 Å². The molecular formula is C11H16Cl2N2. The molecule has 0 saturated carbocycles. The van der Waals surface area contributed by atoms with E-state index >= 15 is 0 Å². The minimum atomic E-state index is 0.0983. The Kier molecular flexibility index (Phi) is 4.87. The van der Waals surface area contributed by atoms with Gasteiger partial charge in [-0.15, -0.1) is 0 Å². The maximum Gasteiger partial charge on any atom is 0.0463 e. The molecule has 1 aromatic rings. The zero-order valence-electron chi connectivity index (χ0n) is 8.93. The van der Waals surface area contributed by atoms with Crippen LogP contribution in [0.5, 0.6) is 0 Å². The fourth-order valence-electron chi connectivity index (χ4n) is 1.55. The van der Waals surface area contributed by atoms with Crippen molar-refractivity contribution in [2.24, 2.45) is 11.8 Å². The molecule has 0 heterocycles. The van der Waals surface area contributed by atoms with E-state index in [0.29, 0.717) is 16.0 Å². The number of rotatable bonds is 4. The lowest BCUT2D eigenvalue weighted by Gasteiger charge is -2.18. The van der Waals surface area contributed by atoms with Gasteiger partial charge in [0.1, 0.15) is 0 Å². The Morgan fingerprint density at radius 2 is 1.73 bits per heavy atom. The van der Waals surface area contributed by atoms with E-state index in [1.165, 1.54) is 0 Å². The molecule has 84 valence electrons. The number of halogens is 2. The van der Waals surface area contributed by atoms with Crippen LogP contribution in [0.3, 0.4) is 0 Å². The number of nitrogens with two attached hydrogens (primary N) is 1. The van der Waals surface area contributed by atoms with Crippen molar-refractivity contribution in [3.63, 3.8) is 0 Å². The topological polar surface area (TPSA) is 38.0 Å². The second-order valence-electron chi connectivity index (χ2n) is 4.05. The van der Waals surface area contributed by atoms with Gasteiger partial charge < -0.3 is 0 Å². The van der Waals surface area contributed by atoms with Crippen LogP contribution in [0.4, 0.5) is 0 Å². The zero-order valence-corrected chi connectivity index (χ0v) is 10.4. The van der Waals surface area contributed by atoms with E-state index in [2.05, 4.69) is 19.3 Å². The summed E-state index contributed by atoms with van der Waals surface area (Å²) in [6.45, 7) is 4.30. The largest absolute Gasteiger partial charge is 0.271 e. The average Bonchev–Trinajstić information content (AvgIpc) is 2.12. The van der Waals surface area contributed by atoms with Crippen LogP contribution in [-0.2, 0) is 0 Å². The molecule has 0 saturated heterocycles. The molecule has 0 aliphatic heterocycles. The van der Waals surface area contributed by atoms with Crippen LogP contribution in [0.25, 0.3) is 0 Å². The van der Waals surface area contributed by atoms with Gasteiger partial charge >= 0.3 is 0 Å². The van der Waals surface area contributed by atoms with Crippen LogP contribution in [-0.4, -0.2) is 0 Å². The zero-order chi connectivity index (χ0) is 11.4. The molecule has 1 aromatic carbocycles. The molecule has 0 bridgehead atoms. The third kappa shape index (κ3) is 3.99. The molecule has 0 aromatic heterocycles. The van der Waals surface area contributed by atoms with Crippen LogP contribution >= 0.6 is 23.2 Å². The van der Waals surface area contributed by atoms with E-state index in [0.717, 1.165) is 12.0 Å². The molecule has 15 heavy (non-hydrogen) atoms. The van der Waals surface area contributed by atoms with E-state index < -0.39 is 0 Å². The first-order chi connectivity index (χ1) is 7.02. The predicted octanol–water partition coefficient (Wildman–Crippen LogP) is 3.54. The molecule has 0 aliphatic carbocycles. The van der Waals surface area contributed by atoms with Crippen molar-refractivity contribution >= 4 is 23.2 Å². The van der Waals surface area contributed by atoms with E-state index in [9.17, 15) is 0 Å². The summed E-state index contributed by atoms with van der Waals surface area (Å²) in [4.78, 5) is 0. The normalized spacial score (nSPS) is 13.2. The smallest absolute Gasteiger partial charge is 0.0463 e. The first-order valence-corrected chi connectivity index (χ1v) is 5.70. The summed E-state index contributed by atoms with van der Waals surface area (Å²) < 4.78 is 0. The second-order valence-corrected chi connectivity index (χ2v) is 4.92. The molecule has 0 spiro atoms. The summed E-state index contributed by atoms with van der Waals surface area (Å²) in [7, 11) is 0. The monoisotopic (exact) mass is 246 g/mol. The first-order valence-electron chi connectivity index (χ1n) is 4.95. The maximum absolute atomic E-state index is 5.93. The van der Waals surface area contributed by atoms with Gasteiger partial charge in [-0.25, -0.2) is 0 Å². The first kappa shape index (κ1) is 12.8. The van der Waals surface area contributed by atoms with Crippen molar-refractivity contribution in [2.75, 3.05) is 0 Å². The molecule has 2 nitrogen and oxygen atoms in total. The number of benzene rings is 1. The van der Waals surface area contributed by atoms with Crippen LogP contribution < -0.4 is 11.3 Å². The highest BCUT2D eigenvalue weighted by Crippen LogP contribution is 2.26. The summed E-state index contributed by atoms with van der Waals surface area (Å²) in [5.74, 6) is 6.08. The van der Waals surface area contributed by atoms with Crippen molar-refractivity contribution in [3.05, 3.63) is 33.8 Å². The summed E-state index contributed by atoms with van der Waals surface area (Å²) >= 11 is 11.9. The molecule has 1 rings (SSSR count). The van der Waals surface area contributed by atoms with Crippen LogP contribution in [0.15, 0.2) is 18.2 Å². The predicted molar refractivity (Wildman–Crippen MR) is 66.0 cm³/mol. The fourth-order valence-corrected chi connectivity index (χ4v) is 2.09. The Labute approximate surface area is 101 Å². The summed E-state index contributed by atoms with van der Waals surface area (Å²) in [6.07, 6.45) is 0.952. The fraction of sp³-hybridized carbons (Fsp3) is 0.455. The maximum atomic E-state index is 5.93. The number of hydrogen-bond donors (Lipinski definition) is 2. The molecule has 0 fully saturated rings. The highest BCUT2D eigenvalue weighted by Gasteiger charge is 2.12. The van der Waals surface area contributed by atoms with Crippen molar-refractivity contribution < 1.29 is 0 Å². The van der Waals surface area contributed by atoms with E-state index in [1.54, 1.807) is 6.07 Å². The average molecular weight is 247 g/mol. The lowest BCUT2D eigenvalue weighted by atomic mass is 9.98. The standard InChI is InChI=1S/C11H16Cl2N2/c1-7(2)3-11(15-14)8-4-9(12)6-10(13)5-8/h4-7,11,15H,3,14H2,1-2H3. The molecule has 1 unspecified atom stereocenters. The third-order valence-corrected chi connectivity index (χ3v) is 2.63. The van der Waals surface area contributed by atoms with Gasteiger partial charge in [0.2, 0.25) is 0 Å². The third-order valence-electron chi connectivity index (χ3n) is 2.20. The Morgan fingerprint density at radius 3 is 2.13 bits per heavy atom. The summed E-state index contributed by atoms with van der Waals surface area (Å²) in [6, 6.07) is 5.59. The van der Waals surface area contributed by atoms with Crippen LogP contribution in [0.2, 0.25) is 10.0 Å². The SMILES string of the molecule is CC(C)CC(NN)c1cc(Cl)cc(Cl)c1. The van der Waals surface area contributed by atoms with Crippen molar-refractivity contribution in [1.29, 1.82) is 0 Å². The van der Waals surface area contributed by atoms with Crippen molar-refractivity contribution in [1.82, 2.24) is 5.43 Å². The van der Waals surface area contributed by atoms with Gasteiger partial charge in [-0.3, -0.25) is 11.3 Å². The van der Waals surface area contributed by atoms with Crippen LogP contribution in [0.1, 0.15) is 31.9 Å². The quantitative estimate of drug-likeness (QED) is 0.630. The van der Waals surface area contributed by atoms with Gasteiger partial charge in [0.25, 0.3) is 0 Å². The van der Waals surface area contributed by atoms with Crippen LogP contribution in [0, 0.1) is 5.92 Å². The summed E-state index contributed by atoms with van der Waals surface area (Å²) in [5.41, 5.74) is 3.82. The van der Waals surface area contributed by atoms with E-state index in [4.69, 9.17) is 29.0 Å². The molecule has 4 heteroatoms. The minimum Gasteiger partial charge on any atom is -0.271 e. The lowest BCUT2D eigenvalue weighted by Crippen LogP contribution is -2.29. The molecule has 0 aliphatic rings. The minimum absolute atomic E-state index is 0.0983. The van der Waals surface area contributed by atoms with Gasteiger partial charge in [-0.05, 0) is 36.1 Å². The lowest BCUT2D eigenvalue weighted by molar-refractivity contribution is 0.438. The van der Waals surface area contributed by atoms with Crippen molar-refractivity contribution in [3.8, 4) is 0 Å². The van der Waals surface area contributed by atoms with Gasteiger partial charge in [0, 0.05) is 16.1 Å². The molecule has 1 atom stereocenters. The summed E-state index contributed by atoms with van der Waals surface area (Å²) in [5, 5.41) is 1.28. The Bertz CT molecular complexity index is 306. The van der Waals surface area contributed by atoms with Gasteiger partial charge in [-0.1, -0.05) is 37.0 Å². The second kappa shape index (κ2) is 5.71. The molecular weight excluding hydrogens is 231 g/mol. The highest BCUT2D eigenvalue weighted by molar-refractivity contribution is 6.34. The van der Waals surface area contributed by atoms with Crippen molar-refractivity contribution in [2.45, 2.75) is 26.3 Å². The van der Waals surface area contributed by atoms with E-state index in [1.807, 2.05) is 12.1 Å². The number of hydrogen-bond acceptors (Lipinski definition) is 2. The Hall–Kier alpha value is -0.280. The van der Waals surface area contributed by atoms with Gasteiger partial charge in [0.15, 0.2) is 0 Å². The van der Waals surface area contributed by atoms with E-state index in [-0.39, 0.29) is 6.04 Å². The Morgan fingerprint density at radius 1 is 1.20 bits per heavy atom.